The Morgan fingerprint density at radius 2 is 1.67 bits per heavy atom. The van der Waals surface area contributed by atoms with E-state index in [0.717, 1.165) is 12.3 Å². The maximum absolute atomic E-state index is 14.4. The van der Waals surface area contributed by atoms with E-state index in [1.165, 1.54) is 23.1 Å². The summed E-state index contributed by atoms with van der Waals surface area (Å²) in [6.07, 6.45) is 1.13. The SMILES string of the molecule is CCNC(=O)C(CC)N(Cc1c(Cl)cccc1Cl)C(=O)CN(c1ccccc1F)S(C)(=O)=O. The molecule has 11 heteroatoms. The number of anilines is 1. The summed E-state index contributed by atoms with van der Waals surface area (Å²) in [5.41, 5.74) is 0.142. The zero-order chi connectivity index (χ0) is 24.8. The number of carbonyl (C=O) groups is 2. The van der Waals surface area contributed by atoms with Gasteiger partial charge in [0.1, 0.15) is 18.4 Å². The quantitative estimate of drug-likeness (QED) is 0.518. The Morgan fingerprint density at radius 1 is 1.06 bits per heavy atom. The van der Waals surface area contributed by atoms with Crippen LogP contribution in [0.3, 0.4) is 0 Å². The highest BCUT2D eigenvalue weighted by Crippen LogP contribution is 2.28. The van der Waals surface area contributed by atoms with E-state index in [2.05, 4.69) is 5.32 Å². The topological polar surface area (TPSA) is 86.8 Å². The molecule has 2 aromatic rings. The fraction of sp³-hybridized carbons (Fsp3) is 0.364. The smallest absolute Gasteiger partial charge is 0.244 e. The Labute approximate surface area is 203 Å². The molecular formula is C22H26Cl2FN3O4S. The van der Waals surface area contributed by atoms with Crippen molar-refractivity contribution in [3.63, 3.8) is 0 Å². The Morgan fingerprint density at radius 3 is 2.18 bits per heavy atom. The standard InChI is InChI=1S/C22H26Cl2FN3O4S/c1-4-19(22(30)26-5-2)27(13-15-16(23)9-8-10-17(15)24)21(29)14-28(33(3,31)32)20-12-7-6-11-18(20)25/h6-12,19H,4-5,13-14H2,1-3H3,(H,26,30). The lowest BCUT2D eigenvalue weighted by atomic mass is 10.1. The van der Waals surface area contributed by atoms with E-state index in [0.29, 0.717) is 26.5 Å². The fourth-order valence-corrected chi connectivity index (χ4v) is 4.68. The van der Waals surface area contributed by atoms with Crippen molar-refractivity contribution >= 4 is 50.7 Å². The van der Waals surface area contributed by atoms with Gasteiger partial charge in [-0.3, -0.25) is 13.9 Å². The van der Waals surface area contributed by atoms with E-state index in [1.807, 2.05) is 0 Å². The summed E-state index contributed by atoms with van der Waals surface area (Å²) in [4.78, 5) is 27.4. The molecule has 0 aliphatic heterocycles. The molecule has 7 nitrogen and oxygen atoms in total. The Bertz CT molecular complexity index is 1090. The number of nitrogens with one attached hydrogen (secondary N) is 1. The number of carbonyl (C=O) groups excluding carboxylic acids is 2. The van der Waals surface area contributed by atoms with Crippen LogP contribution >= 0.6 is 23.2 Å². The van der Waals surface area contributed by atoms with Crippen LogP contribution in [0, 0.1) is 5.82 Å². The van der Waals surface area contributed by atoms with Crippen molar-refractivity contribution in [2.75, 3.05) is 23.7 Å². The summed E-state index contributed by atoms with van der Waals surface area (Å²) < 4.78 is 40.0. The Hall–Kier alpha value is -2.36. The number of halogens is 3. The zero-order valence-corrected chi connectivity index (χ0v) is 20.8. The van der Waals surface area contributed by atoms with Gasteiger partial charge in [0.25, 0.3) is 0 Å². The number of hydrogen-bond acceptors (Lipinski definition) is 4. The summed E-state index contributed by atoms with van der Waals surface area (Å²) in [7, 11) is -4.03. The molecule has 0 aliphatic carbocycles. The molecule has 2 aromatic carbocycles. The molecule has 1 atom stereocenters. The largest absolute Gasteiger partial charge is 0.355 e. The molecule has 33 heavy (non-hydrogen) atoms. The first-order valence-corrected chi connectivity index (χ1v) is 12.8. The van der Waals surface area contributed by atoms with Crippen LogP contribution in [0.1, 0.15) is 25.8 Å². The van der Waals surface area contributed by atoms with Gasteiger partial charge < -0.3 is 10.2 Å². The van der Waals surface area contributed by atoms with Crippen molar-refractivity contribution in [3.8, 4) is 0 Å². The Kier molecular flexibility index (Phi) is 9.51. The van der Waals surface area contributed by atoms with Gasteiger partial charge in [0.05, 0.1) is 11.9 Å². The van der Waals surface area contributed by atoms with Crippen LogP contribution in [0.5, 0.6) is 0 Å². The molecule has 0 saturated heterocycles. The van der Waals surface area contributed by atoms with Crippen LogP contribution < -0.4 is 9.62 Å². The summed E-state index contributed by atoms with van der Waals surface area (Å²) in [5.74, 6) is -1.92. The first kappa shape index (κ1) is 26.9. The zero-order valence-electron chi connectivity index (χ0n) is 18.5. The van der Waals surface area contributed by atoms with Crippen molar-refractivity contribution in [2.24, 2.45) is 0 Å². The lowest BCUT2D eigenvalue weighted by Gasteiger charge is -2.33. The third-order valence-corrected chi connectivity index (χ3v) is 6.76. The van der Waals surface area contributed by atoms with Gasteiger partial charge in [-0.1, -0.05) is 48.3 Å². The van der Waals surface area contributed by atoms with Crippen LogP contribution in [0.4, 0.5) is 10.1 Å². The van der Waals surface area contributed by atoms with Crippen molar-refractivity contribution in [1.29, 1.82) is 0 Å². The molecule has 2 amide bonds. The van der Waals surface area contributed by atoms with Crippen LogP contribution in [0.25, 0.3) is 0 Å². The molecule has 0 radical (unpaired) electrons. The lowest BCUT2D eigenvalue weighted by molar-refractivity contribution is -0.140. The van der Waals surface area contributed by atoms with Gasteiger partial charge >= 0.3 is 0 Å². The van der Waals surface area contributed by atoms with E-state index in [4.69, 9.17) is 23.2 Å². The van der Waals surface area contributed by atoms with Gasteiger partial charge in [0, 0.05) is 28.7 Å². The second-order valence-electron chi connectivity index (χ2n) is 7.26. The summed E-state index contributed by atoms with van der Waals surface area (Å²) >= 11 is 12.6. The van der Waals surface area contributed by atoms with Gasteiger partial charge in [0.15, 0.2) is 0 Å². The monoisotopic (exact) mass is 517 g/mol. The summed E-state index contributed by atoms with van der Waals surface area (Å²) in [6, 6.07) is 9.16. The number of hydrogen-bond donors (Lipinski definition) is 1. The first-order chi connectivity index (χ1) is 15.5. The molecule has 2 rings (SSSR count). The number of sulfonamides is 1. The minimum Gasteiger partial charge on any atom is -0.355 e. The molecule has 180 valence electrons. The molecule has 0 heterocycles. The van der Waals surface area contributed by atoms with Crippen LogP contribution in [-0.4, -0.2) is 50.5 Å². The molecule has 0 saturated carbocycles. The number of amides is 2. The molecule has 0 fully saturated rings. The molecule has 1 N–H and O–H groups in total. The molecule has 0 bridgehead atoms. The van der Waals surface area contributed by atoms with Crippen LogP contribution in [0.2, 0.25) is 10.0 Å². The highest BCUT2D eigenvalue weighted by atomic mass is 35.5. The van der Waals surface area contributed by atoms with Gasteiger partial charge in [-0.15, -0.1) is 0 Å². The minimum absolute atomic E-state index is 0.137. The number of benzene rings is 2. The number of nitrogens with zero attached hydrogens (tertiary/aromatic N) is 2. The molecule has 0 aromatic heterocycles. The molecule has 0 aliphatic rings. The first-order valence-electron chi connectivity index (χ1n) is 10.2. The normalized spacial score (nSPS) is 12.2. The fourth-order valence-electron chi connectivity index (χ4n) is 3.31. The van der Waals surface area contributed by atoms with E-state index < -0.39 is 40.2 Å². The predicted molar refractivity (Wildman–Crippen MR) is 128 cm³/mol. The third kappa shape index (κ3) is 6.82. The lowest BCUT2D eigenvalue weighted by Crippen LogP contribution is -2.52. The van der Waals surface area contributed by atoms with E-state index >= 15 is 0 Å². The van der Waals surface area contributed by atoms with Crippen molar-refractivity contribution in [2.45, 2.75) is 32.9 Å². The minimum atomic E-state index is -4.03. The molecular weight excluding hydrogens is 492 g/mol. The summed E-state index contributed by atoms with van der Waals surface area (Å²) in [5, 5.41) is 3.26. The maximum Gasteiger partial charge on any atom is 0.244 e. The number of rotatable bonds is 10. The van der Waals surface area contributed by atoms with Gasteiger partial charge in [-0.05, 0) is 37.6 Å². The molecule has 0 spiro atoms. The third-order valence-electron chi connectivity index (χ3n) is 4.93. The van der Waals surface area contributed by atoms with Crippen LogP contribution in [-0.2, 0) is 26.2 Å². The summed E-state index contributed by atoms with van der Waals surface area (Å²) in [6.45, 7) is 2.96. The van der Waals surface area contributed by atoms with Gasteiger partial charge in [0.2, 0.25) is 21.8 Å². The van der Waals surface area contributed by atoms with E-state index in [1.54, 1.807) is 32.0 Å². The van der Waals surface area contributed by atoms with Crippen molar-refractivity contribution in [3.05, 3.63) is 63.9 Å². The molecule has 1 unspecified atom stereocenters. The number of likely N-dealkylation sites (N-methyl/N-ethyl adjacent to an activating group) is 1. The number of para-hydroxylation sites is 1. The maximum atomic E-state index is 14.4. The predicted octanol–water partition coefficient (Wildman–Crippen LogP) is 3.84. The van der Waals surface area contributed by atoms with Gasteiger partial charge in [-0.2, -0.15) is 0 Å². The average molecular weight is 518 g/mol. The van der Waals surface area contributed by atoms with Crippen molar-refractivity contribution in [1.82, 2.24) is 10.2 Å². The van der Waals surface area contributed by atoms with E-state index in [-0.39, 0.29) is 18.7 Å². The highest BCUT2D eigenvalue weighted by molar-refractivity contribution is 7.92. The Balaban J connectivity index is 2.51. The van der Waals surface area contributed by atoms with Crippen LogP contribution in [0.15, 0.2) is 42.5 Å². The second kappa shape index (κ2) is 11.7. The highest BCUT2D eigenvalue weighted by Gasteiger charge is 2.33. The second-order valence-corrected chi connectivity index (χ2v) is 9.98. The van der Waals surface area contributed by atoms with Crippen molar-refractivity contribution < 1.29 is 22.4 Å². The van der Waals surface area contributed by atoms with E-state index in [9.17, 15) is 22.4 Å². The van der Waals surface area contributed by atoms with Gasteiger partial charge in [-0.25, -0.2) is 12.8 Å². The average Bonchev–Trinajstić information content (AvgIpc) is 2.74.